The minimum atomic E-state index is 0.874. The maximum atomic E-state index is 4.45. The fourth-order valence-electron chi connectivity index (χ4n) is 1.66. The minimum absolute atomic E-state index is 0.874. The van der Waals surface area contributed by atoms with Crippen LogP contribution < -0.4 is 10.2 Å². The van der Waals surface area contributed by atoms with E-state index in [4.69, 9.17) is 0 Å². The molecule has 1 N–H and O–H groups in total. The molecule has 0 saturated carbocycles. The van der Waals surface area contributed by atoms with Crippen LogP contribution in [0.5, 0.6) is 0 Å². The Morgan fingerprint density at radius 2 is 2.24 bits per heavy atom. The third-order valence-electron chi connectivity index (χ3n) is 2.57. The summed E-state index contributed by atoms with van der Waals surface area (Å²) in [7, 11) is 4.00. The molecule has 17 heavy (non-hydrogen) atoms. The lowest BCUT2D eigenvalue weighted by Gasteiger charge is -2.16. The first-order valence-corrected chi connectivity index (χ1v) is 6.42. The van der Waals surface area contributed by atoms with E-state index in [1.165, 1.54) is 16.1 Å². The van der Waals surface area contributed by atoms with Crippen LogP contribution in [0.1, 0.15) is 10.4 Å². The lowest BCUT2D eigenvalue weighted by molar-refractivity contribution is 0.829. The van der Waals surface area contributed by atoms with E-state index in [2.05, 4.69) is 53.4 Å². The van der Waals surface area contributed by atoms with E-state index in [9.17, 15) is 0 Å². The second-order valence-corrected chi connectivity index (χ2v) is 5.13. The molecule has 4 heteroatoms. The van der Waals surface area contributed by atoms with Crippen LogP contribution in [0.3, 0.4) is 0 Å². The highest BCUT2D eigenvalue weighted by molar-refractivity contribution is 7.15. The van der Waals surface area contributed by atoms with Crippen molar-refractivity contribution in [3.05, 3.63) is 40.9 Å². The largest absolute Gasteiger partial charge is 0.321 e. The van der Waals surface area contributed by atoms with E-state index in [1.807, 2.05) is 13.2 Å². The highest BCUT2D eigenvalue weighted by atomic mass is 32.1. The minimum Gasteiger partial charge on any atom is -0.321 e. The van der Waals surface area contributed by atoms with Crippen molar-refractivity contribution in [1.29, 1.82) is 0 Å². The zero-order chi connectivity index (χ0) is 12.3. The van der Waals surface area contributed by atoms with Crippen molar-refractivity contribution < 1.29 is 0 Å². The fraction of sp³-hybridized carbons (Fsp3) is 0.308. The van der Waals surface area contributed by atoms with Gasteiger partial charge in [0.25, 0.3) is 0 Å². The Labute approximate surface area is 106 Å². The molecule has 2 aromatic rings. The van der Waals surface area contributed by atoms with Gasteiger partial charge in [0.05, 0.1) is 0 Å². The monoisotopic (exact) mass is 247 g/mol. The Balaban J connectivity index is 2.21. The number of rotatable bonds is 4. The van der Waals surface area contributed by atoms with Crippen LogP contribution in [0.15, 0.2) is 30.5 Å². The van der Waals surface area contributed by atoms with Crippen molar-refractivity contribution in [2.75, 3.05) is 19.0 Å². The van der Waals surface area contributed by atoms with Crippen molar-refractivity contribution in [2.24, 2.45) is 0 Å². The number of hydrogen-bond donors (Lipinski definition) is 1. The summed E-state index contributed by atoms with van der Waals surface area (Å²) < 4.78 is 0. The summed E-state index contributed by atoms with van der Waals surface area (Å²) in [6.07, 6.45) is 1.93. The maximum Gasteiger partial charge on any atom is 0.189 e. The van der Waals surface area contributed by atoms with Crippen molar-refractivity contribution in [3.8, 4) is 0 Å². The van der Waals surface area contributed by atoms with Gasteiger partial charge in [-0.2, -0.15) is 0 Å². The second-order valence-electron chi connectivity index (χ2n) is 4.04. The standard InChI is InChI=1S/C13H17N3S/c1-10-5-4-6-11(7-10)16(3)13-15-9-12(17-13)8-14-2/h4-7,9,14H,8H2,1-3H3. The van der Waals surface area contributed by atoms with E-state index < -0.39 is 0 Å². The fourth-order valence-corrected chi connectivity index (χ4v) is 2.56. The topological polar surface area (TPSA) is 28.2 Å². The Kier molecular flexibility index (Phi) is 3.76. The molecule has 0 atom stereocenters. The number of nitrogens with one attached hydrogen (secondary N) is 1. The average Bonchev–Trinajstić information content (AvgIpc) is 2.77. The van der Waals surface area contributed by atoms with Gasteiger partial charge in [0.15, 0.2) is 5.13 Å². The molecule has 0 aliphatic heterocycles. The molecule has 0 bridgehead atoms. The van der Waals surface area contributed by atoms with Crippen molar-refractivity contribution >= 4 is 22.2 Å². The summed E-state index contributed by atoms with van der Waals surface area (Å²) in [6, 6.07) is 8.44. The number of thiazole rings is 1. The molecule has 0 amide bonds. The van der Waals surface area contributed by atoms with Crippen LogP contribution in [0.25, 0.3) is 0 Å². The van der Waals surface area contributed by atoms with Crippen LogP contribution in [0, 0.1) is 6.92 Å². The molecule has 0 saturated heterocycles. The number of aromatic nitrogens is 1. The second kappa shape index (κ2) is 5.29. The van der Waals surface area contributed by atoms with Crippen LogP contribution in [0.4, 0.5) is 10.8 Å². The van der Waals surface area contributed by atoms with E-state index in [0.29, 0.717) is 0 Å². The maximum absolute atomic E-state index is 4.45. The lowest BCUT2D eigenvalue weighted by Crippen LogP contribution is -2.08. The molecule has 3 nitrogen and oxygen atoms in total. The number of benzene rings is 1. The Morgan fingerprint density at radius 3 is 2.94 bits per heavy atom. The van der Waals surface area contributed by atoms with Gasteiger partial charge in [-0.25, -0.2) is 4.98 Å². The zero-order valence-electron chi connectivity index (χ0n) is 10.4. The Morgan fingerprint density at radius 1 is 1.41 bits per heavy atom. The first-order valence-electron chi connectivity index (χ1n) is 5.60. The van der Waals surface area contributed by atoms with Crippen LogP contribution >= 0.6 is 11.3 Å². The molecule has 0 radical (unpaired) electrons. The molecule has 2 rings (SSSR count). The van der Waals surface area contributed by atoms with Crippen LogP contribution in [-0.2, 0) is 6.54 Å². The molecule has 1 aromatic heterocycles. The third-order valence-corrected chi connectivity index (χ3v) is 3.64. The summed E-state index contributed by atoms with van der Waals surface area (Å²) in [6.45, 7) is 2.98. The molecule has 1 heterocycles. The quantitative estimate of drug-likeness (QED) is 0.900. The summed E-state index contributed by atoms with van der Waals surface area (Å²) >= 11 is 1.72. The first kappa shape index (κ1) is 12.1. The van der Waals surface area contributed by atoms with Crippen LogP contribution in [-0.4, -0.2) is 19.1 Å². The highest BCUT2D eigenvalue weighted by Crippen LogP contribution is 2.28. The molecular formula is C13H17N3S. The van der Waals surface area contributed by atoms with E-state index in [1.54, 1.807) is 11.3 Å². The van der Waals surface area contributed by atoms with Gasteiger partial charge in [0, 0.05) is 30.4 Å². The summed E-state index contributed by atoms with van der Waals surface area (Å²) in [5.41, 5.74) is 2.44. The zero-order valence-corrected chi connectivity index (χ0v) is 11.2. The normalized spacial score (nSPS) is 10.5. The SMILES string of the molecule is CNCc1cnc(N(C)c2cccc(C)c2)s1. The number of anilines is 2. The Hall–Kier alpha value is -1.39. The Bertz CT molecular complexity index is 493. The molecule has 0 unspecified atom stereocenters. The van der Waals surface area contributed by atoms with Gasteiger partial charge >= 0.3 is 0 Å². The highest BCUT2D eigenvalue weighted by Gasteiger charge is 2.08. The van der Waals surface area contributed by atoms with Gasteiger partial charge in [-0.05, 0) is 31.7 Å². The smallest absolute Gasteiger partial charge is 0.189 e. The van der Waals surface area contributed by atoms with E-state index >= 15 is 0 Å². The van der Waals surface area contributed by atoms with Gasteiger partial charge in [-0.15, -0.1) is 11.3 Å². The van der Waals surface area contributed by atoms with Crippen LogP contribution in [0.2, 0.25) is 0 Å². The third kappa shape index (κ3) is 2.84. The number of hydrogen-bond acceptors (Lipinski definition) is 4. The molecular weight excluding hydrogens is 230 g/mol. The summed E-state index contributed by atoms with van der Waals surface area (Å²) in [5.74, 6) is 0. The van der Waals surface area contributed by atoms with Gasteiger partial charge in [0.2, 0.25) is 0 Å². The molecule has 90 valence electrons. The summed E-state index contributed by atoms with van der Waals surface area (Å²) in [4.78, 5) is 7.82. The van der Waals surface area contributed by atoms with E-state index in [-0.39, 0.29) is 0 Å². The molecule has 0 fully saturated rings. The predicted octanol–water partition coefficient (Wildman–Crippen LogP) is 2.94. The van der Waals surface area contributed by atoms with Crippen molar-refractivity contribution in [2.45, 2.75) is 13.5 Å². The molecule has 0 aliphatic carbocycles. The lowest BCUT2D eigenvalue weighted by atomic mass is 10.2. The van der Waals surface area contributed by atoms with Gasteiger partial charge in [-0.3, -0.25) is 0 Å². The van der Waals surface area contributed by atoms with Gasteiger partial charge in [-0.1, -0.05) is 12.1 Å². The summed E-state index contributed by atoms with van der Waals surface area (Å²) in [5, 5.41) is 4.17. The number of nitrogens with zero attached hydrogens (tertiary/aromatic N) is 2. The van der Waals surface area contributed by atoms with Gasteiger partial charge < -0.3 is 10.2 Å². The molecule has 0 aliphatic rings. The predicted molar refractivity (Wildman–Crippen MR) is 74.1 cm³/mol. The van der Waals surface area contributed by atoms with Crippen molar-refractivity contribution in [3.63, 3.8) is 0 Å². The van der Waals surface area contributed by atoms with Gasteiger partial charge in [0.1, 0.15) is 0 Å². The molecule has 1 aromatic carbocycles. The molecule has 0 spiro atoms. The van der Waals surface area contributed by atoms with E-state index in [0.717, 1.165) is 11.7 Å². The first-order chi connectivity index (χ1) is 8.20. The van der Waals surface area contributed by atoms with Crippen molar-refractivity contribution in [1.82, 2.24) is 10.3 Å². The average molecular weight is 247 g/mol. The number of aryl methyl sites for hydroxylation is 1.